The van der Waals surface area contributed by atoms with Crippen LogP contribution in [0.1, 0.15) is 29.0 Å². The highest BCUT2D eigenvalue weighted by Gasteiger charge is 2.28. The van der Waals surface area contributed by atoms with Crippen LogP contribution in [-0.2, 0) is 16.1 Å². The van der Waals surface area contributed by atoms with Gasteiger partial charge in [0.1, 0.15) is 12.0 Å². The summed E-state index contributed by atoms with van der Waals surface area (Å²) in [5, 5.41) is 5.98. The van der Waals surface area contributed by atoms with Gasteiger partial charge in [0, 0.05) is 19.0 Å². The lowest BCUT2D eigenvalue weighted by atomic mass is 10.3. The van der Waals surface area contributed by atoms with Crippen molar-refractivity contribution in [2.75, 3.05) is 20.2 Å². The van der Waals surface area contributed by atoms with Gasteiger partial charge in [-0.2, -0.15) is 0 Å². The van der Waals surface area contributed by atoms with Crippen LogP contribution in [0.4, 0.5) is 0 Å². The van der Waals surface area contributed by atoms with Crippen molar-refractivity contribution in [1.82, 2.24) is 10.6 Å². The summed E-state index contributed by atoms with van der Waals surface area (Å²) in [6, 6.07) is 1.64. The van der Waals surface area contributed by atoms with Gasteiger partial charge in [-0.1, -0.05) is 0 Å². The van der Waals surface area contributed by atoms with E-state index in [0.717, 1.165) is 12.8 Å². The van der Waals surface area contributed by atoms with Gasteiger partial charge in [-0.3, -0.25) is 4.79 Å². The number of furan rings is 1. The first-order valence-corrected chi connectivity index (χ1v) is 6.35. The van der Waals surface area contributed by atoms with Gasteiger partial charge in [0.25, 0.3) is 0 Å². The molecule has 0 saturated heterocycles. The van der Waals surface area contributed by atoms with Crippen molar-refractivity contribution in [3.05, 3.63) is 23.7 Å². The van der Waals surface area contributed by atoms with E-state index in [1.807, 2.05) is 0 Å². The molecule has 6 heteroatoms. The van der Waals surface area contributed by atoms with E-state index in [9.17, 15) is 9.59 Å². The normalized spacial score (nSPS) is 14.2. The number of hydrogen-bond donors (Lipinski definition) is 2. The van der Waals surface area contributed by atoms with E-state index in [-0.39, 0.29) is 11.8 Å². The lowest BCUT2D eigenvalue weighted by Crippen LogP contribution is -2.32. The fourth-order valence-electron chi connectivity index (χ4n) is 1.67. The van der Waals surface area contributed by atoms with Crippen LogP contribution >= 0.6 is 0 Å². The maximum Gasteiger partial charge on any atom is 0.341 e. The molecular weight excluding hydrogens is 248 g/mol. The number of carbonyl (C=O) groups excluding carboxylic acids is 2. The summed E-state index contributed by atoms with van der Waals surface area (Å²) >= 11 is 0. The molecule has 1 aliphatic carbocycles. The van der Waals surface area contributed by atoms with Crippen molar-refractivity contribution in [2.24, 2.45) is 5.92 Å². The third kappa shape index (κ3) is 4.10. The van der Waals surface area contributed by atoms with Crippen molar-refractivity contribution in [1.29, 1.82) is 0 Å². The van der Waals surface area contributed by atoms with Crippen molar-refractivity contribution in [3.8, 4) is 0 Å². The third-order valence-corrected chi connectivity index (χ3v) is 2.92. The van der Waals surface area contributed by atoms with Crippen LogP contribution in [-0.4, -0.2) is 32.1 Å². The molecule has 2 rings (SSSR count). The third-order valence-electron chi connectivity index (χ3n) is 2.92. The van der Waals surface area contributed by atoms with Gasteiger partial charge in [-0.25, -0.2) is 4.79 Å². The van der Waals surface area contributed by atoms with Crippen LogP contribution in [0.2, 0.25) is 0 Å². The number of methoxy groups -OCH3 is 1. The number of esters is 1. The average molecular weight is 266 g/mol. The standard InChI is InChI=1S/C13H18N2O4/c1-18-13(17)10-6-11(19-8-10)7-14-4-5-15-12(16)9-2-3-9/h6,8-9,14H,2-5,7H2,1H3,(H,15,16). The number of hydrogen-bond acceptors (Lipinski definition) is 5. The van der Waals surface area contributed by atoms with Gasteiger partial charge >= 0.3 is 5.97 Å². The predicted molar refractivity (Wildman–Crippen MR) is 67.5 cm³/mol. The second-order valence-corrected chi connectivity index (χ2v) is 4.54. The highest BCUT2D eigenvalue weighted by Crippen LogP contribution is 2.28. The smallest absolute Gasteiger partial charge is 0.341 e. The Balaban J connectivity index is 1.61. The summed E-state index contributed by atoms with van der Waals surface area (Å²) in [5.41, 5.74) is 0.404. The van der Waals surface area contributed by atoms with E-state index >= 15 is 0 Å². The Morgan fingerprint density at radius 2 is 2.21 bits per heavy atom. The minimum atomic E-state index is -0.410. The molecule has 1 saturated carbocycles. The Labute approximate surface area is 111 Å². The fourth-order valence-corrected chi connectivity index (χ4v) is 1.67. The summed E-state index contributed by atoms with van der Waals surface area (Å²) in [4.78, 5) is 22.5. The van der Waals surface area contributed by atoms with Gasteiger partial charge in [-0.15, -0.1) is 0 Å². The number of rotatable bonds is 7. The van der Waals surface area contributed by atoms with E-state index in [0.29, 0.717) is 31.0 Å². The lowest BCUT2D eigenvalue weighted by molar-refractivity contribution is -0.122. The minimum absolute atomic E-state index is 0.146. The molecule has 19 heavy (non-hydrogen) atoms. The molecule has 0 aliphatic heterocycles. The molecule has 6 nitrogen and oxygen atoms in total. The molecule has 0 aromatic carbocycles. The molecule has 0 unspecified atom stereocenters. The second-order valence-electron chi connectivity index (χ2n) is 4.54. The SMILES string of the molecule is COC(=O)c1coc(CNCCNC(=O)C2CC2)c1. The van der Waals surface area contributed by atoms with Crippen LogP contribution in [0, 0.1) is 5.92 Å². The van der Waals surface area contributed by atoms with Gasteiger partial charge in [-0.05, 0) is 18.9 Å². The maximum atomic E-state index is 11.3. The topological polar surface area (TPSA) is 80.6 Å². The van der Waals surface area contributed by atoms with Crippen LogP contribution in [0.15, 0.2) is 16.7 Å². The highest BCUT2D eigenvalue weighted by atomic mass is 16.5. The van der Waals surface area contributed by atoms with Gasteiger partial charge < -0.3 is 19.8 Å². The first-order chi connectivity index (χ1) is 9.20. The summed E-state index contributed by atoms with van der Waals surface area (Å²) in [7, 11) is 1.33. The van der Waals surface area contributed by atoms with E-state index in [1.165, 1.54) is 13.4 Å². The number of amides is 1. The minimum Gasteiger partial charge on any atom is -0.467 e. The first-order valence-electron chi connectivity index (χ1n) is 6.35. The quantitative estimate of drug-likeness (QED) is 0.560. The van der Waals surface area contributed by atoms with E-state index in [4.69, 9.17) is 4.42 Å². The molecule has 0 radical (unpaired) electrons. The molecular formula is C13H18N2O4. The van der Waals surface area contributed by atoms with Crippen molar-refractivity contribution in [3.63, 3.8) is 0 Å². The monoisotopic (exact) mass is 266 g/mol. The first kappa shape index (κ1) is 13.6. The number of carbonyl (C=O) groups is 2. The molecule has 2 N–H and O–H groups in total. The van der Waals surface area contributed by atoms with Gasteiger partial charge in [0.2, 0.25) is 5.91 Å². The molecule has 1 aromatic rings. The lowest BCUT2D eigenvalue weighted by Gasteiger charge is -2.04. The van der Waals surface area contributed by atoms with E-state index in [2.05, 4.69) is 15.4 Å². The highest BCUT2D eigenvalue weighted by molar-refractivity contribution is 5.88. The Bertz CT molecular complexity index is 451. The van der Waals surface area contributed by atoms with Crippen LogP contribution in [0.5, 0.6) is 0 Å². The Hall–Kier alpha value is -1.82. The zero-order chi connectivity index (χ0) is 13.7. The van der Waals surface area contributed by atoms with Crippen molar-refractivity contribution in [2.45, 2.75) is 19.4 Å². The molecule has 1 aromatic heterocycles. The number of ether oxygens (including phenoxy) is 1. The van der Waals surface area contributed by atoms with Crippen LogP contribution in [0.25, 0.3) is 0 Å². The van der Waals surface area contributed by atoms with Crippen molar-refractivity contribution >= 4 is 11.9 Å². The molecule has 104 valence electrons. The maximum absolute atomic E-state index is 11.3. The molecule has 0 spiro atoms. The summed E-state index contributed by atoms with van der Waals surface area (Å²) < 4.78 is 9.79. The summed E-state index contributed by atoms with van der Waals surface area (Å²) in [6.07, 6.45) is 3.40. The number of nitrogens with one attached hydrogen (secondary N) is 2. The fraction of sp³-hybridized carbons (Fsp3) is 0.538. The second kappa shape index (κ2) is 6.38. The van der Waals surface area contributed by atoms with Crippen molar-refractivity contribution < 1.29 is 18.7 Å². The Kier molecular flexibility index (Phi) is 4.57. The van der Waals surface area contributed by atoms with Crippen LogP contribution in [0.3, 0.4) is 0 Å². The Morgan fingerprint density at radius 1 is 1.42 bits per heavy atom. The summed E-state index contributed by atoms with van der Waals surface area (Å²) in [5.74, 6) is 0.640. The predicted octanol–water partition coefficient (Wildman–Crippen LogP) is 0.682. The van der Waals surface area contributed by atoms with E-state index < -0.39 is 5.97 Å². The zero-order valence-electron chi connectivity index (χ0n) is 10.9. The Morgan fingerprint density at radius 3 is 2.89 bits per heavy atom. The molecule has 0 bridgehead atoms. The molecule has 1 amide bonds. The van der Waals surface area contributed by atoms with Gasteiger partial charge in [0.05, 0.1) is 19.2 Å². The van der Waals surface area contributed by atoms with E-state index in [1.54, 1.807) is 6.07 Å². The molecule has 1 aliphatic rings. The molecule has 1 fully saturated rings. The van der Waals surface area contributed by atoms with Crippen LogP contribution < -0.4 is 10.6 Å². The molecule has 0 atom stereocenters. The largest absolute Gasteiger partial charge is 0.467 e. The zero-order valence-corrected chi connectivity index (χ0v) is 10.9. The molecule has 1 heterocycles. The van der Waals surface area contributed by atoms with Gasteiger partial charge in [0.15, 0.2) is 0 Å². The average Bonchev–Trinajstić information content (AvgIpc) is 3.17. The summed E-state index contributed by atoms with van der Waals surface area (Å²) in [6.45, 7) is 1.77.